The largest absolute Gasteiger partial charge is 0.473 e. The van der Waals surface area contributed by atoms with Crippen molar-refractivity contribution in [3.8, 4) is 0 Å². The van der Waals surface area contributed by atoms with Gasteiger partial charge in [0.2, 0.25) is 0 Å². The maximum Gasteiger partial charge on any atom is 0.473 e. The standard InChI is InChI=1S/C25H19F4N3O3S/c1-16(33)30-32(20-6-4-3-5-7-20)24(25(27,28)29)22(17-8-12-19(26)13-9-17)23(31-32)18-10-14-21(15-11-18)36(2,34)35/h3-15H,1-2H3/p+1. The normalized spacial score (nSPS) is 18.2. The third-order valence-corrected chi connectivity index (χ3v) is 6.58. The summed E-state index contributed by atoms with van der Waals surface area (Å²) in [6, 6.07) is 17.0. The molecule has 0 fully saturated rings. The van der Waals surface area contributed by atoms with Crippen molar-refractivity contribution in [3.05, 3.63) is 102 Å². The Balaban J connectivity index is 2.11. The molecule has 0 bridgehead atoms. The van der Waals surface area contributed by atoms with Crippen LogP contribution in [0, 0.1) is 5.82 Å². The summed E-state index contributed by atoms with van der Waals surface area (Å²) in [5.74, 6) is -1.43. The van der Waals surface area contributed by atoms with Crippen LogP contribution in [0.15, 0.2) is 94.6 Å². The van der Waals surface area contributed by atoms with E-state index in [0.717, 1.165) is 25.3 Å². The average molecular weight is 519 g/mol. The first-order valence-corrected chi connectivity index (χ1v) is 12.4. The van der Waals surface area contributed by atoms with E-state index in [1.165, 1.54) is 60.7 Å². The summed E-state index contributed by atoms with van der Waals surface area (Å²) in [4.78, 5) is 12.2. The van der Waals surface area contributed by atoms with Crippen molar-refractivity contribution in [1.82, 2.24) is 10.1 Å². The minimum atomic E-state index is -5.00. The van der Waals surface area contributed by atoms with Crippen LogP contribution in [0.1, 0.15) is 18.1 Å². The quantitative estimate of drug-likeness (QED) is 0.383. The van der Waals surface area contributed by atoms with Crippen LogP contribution in [0.4, 0.5) is 23.2 Å². The van der Waals surface area contributed by atoms with Crippen molar-refractivity contribution in [1.29, 1.82) is 0 Å². The zero-order valence-electron chi connectivity index (χ0n) is 19.0. The lowest BCUT2D eigenvalue weighted by Crippen LogP contribution is -2.58. The Bertz CT molecular complexity index is 1480. The molecule has 1 heterocycles. The molecule has 3 aromatic rings. The number of quaternary nitrogens is 1. The number of nitrogens with one attached hydrogen (secondary N) is 1. The Kier molecular flexibility index (Phi) is 6.31. The van der Waals surface area contributed by atoms with Gasteiger partial charge in [-0.15, -0.1) is 0 Å². The molecule has 0 saturated carbocycles. The van der Waals surface area contributed by atoms with E-state index in [0.29, 0.717) is 0 Å². The van der Waals surface area contributed by atoms with Crippen molar-refractivity contribution in [2.75, 3.05) is 6.26 Å². The number of hydrogen-bond donors (Lipinski definition) is 1. The van der Waals surface area contributed by atoms with Crippen molar-refractivity contribution < 1.29 is 30.8 Å². The summed E-state index contributed by atoms with van der Waals surface area (Å²) in [5, 5.41) is 4.41. The smallest absolute Gasteiger partial charge is 0.270 e. The van der Waals surface area contributed by atoms with Crippen LogP contribution in [-0.2, 0) is 14.6 Å². The maximum absolute atomic E-state index is 14.9. The molecular weight excluding hydrogens is 498 g/mol. The first kappa shape index (κ1) is 25.3. The number of allylic oxidation sites excluding steroid dienone is 2. The molecule has 1 unspecified atom stereocenters. The molecule has 11 heteroatoms. The minimum absolute atomic E-state index is 0.00222. The Morgan fingerprint density at radius 2 is 1.44 bits per heavy atom. The SMILES string of the molecule is CC(=O)N[N+]1(c2ccccc2)N=C(c2ccc(S(C)(=O)=O)cc2)C(c2ccc(F)cc2)=C1C(F)(F)F. The van der Waals surface area contributed by atoms with Gasteiger partial charge in [0, 0.05) is 30.9 Å². The van der Waals surface area contributed by atoms with Gasteiger partial charge in [0.25, 0.3) is 11.6 Å². The van der Waals surface area contributed by atoms with Gasteiger partial charge in [0.1, 0.15) is 11.5 Å². The fourth-order valence-corrected chi connectivity index (χ4v) is 4.64. The number of carbonyl (C=O) groups excluding carboxylic acids is 1. The molecule has 1 N–H and O–H groups in total. The summed E-state index contributed by atoms with van der Waals surface area (Å²) >= 11 is 0. The molecular formula is C25H20F4N3O3S+. The summed E-state index contributed by atoms with van der Waals surface area (Å²) < 4.78 is 80.7. The molecule has 4 rings (SSSR count). The van der Waals surface area contributed by atoms with E-state index in [1.807, 2.05) is 0 Å². The molecule has 0 spiro atoms. The second kappa shape index (κ2) is 8.99. The monoisotopic (exact) mass is 518 g/mol. The van der Waals surface area contributed by atoms with Crippen LogP contribution >= 0.6 is 0 Å². The molecule has 0 saturated heterocycles. The highest BCUT2D eigenvalue weighted by atomic mass is 32.2. The molecule has 0 aliphatic carbocycles. The first-order valence-electron chi connectivity index (χ1n) is 10.6. The highest BCUT2D eigenvalue weighted by Gasteiger charge is 2.60. The number of carbonyl (C=O) groups is 1. The molecule has 1 aliphatic heterocycles. The highest BCUT2D eigenvalue weighted by molar-refractivity contribution is 7.90. The number of sulfone groups is 1. The average Bonchev–Trinajstić information content (AvgIpc) is 3.15. The molecule has 1 aliphatic rings. The van der Waals surface area contributed by atoms with Gasteiger partial charge in [-0.3, -0.25) is 4.79 Å². The van der Waals surface area contributed by atoms with Crippen LogP contribution in [0.3, 0.4) is 0 Å². The Morgan fingerprint density at radius 1 is 0.889 bits per heavy atom. The van der Waals surface area contributed by atoms with Gasteiger partial charge in [-0.05, 0) is 39.6 Å². The first-order chi connectivity index (χ1) is 16.8. The van der Waals surface area contributed by atoms with Gasteiger partial charge in [0.15, 0.2) is 15.5 Å². The number of benzene rings is 3. The third-order valence-electron chi connectivity index (χ3n) is 5.45. The molecule has 0 radical (unpaired) electrons. The van der Waals surface area contributed by atoms with Gasteiger partial charge in [-0.1, -0.05) is 42.5 Å². The van der Waals surface area contributed by atoms with Gasteiger partial charge in [-0.25, -0.2) is 12.8 Å². The van der Waals surface area contributed by atoms with Crippen LogP contribution in [0.5, 0.6) is 0 Å². The Morgan fingerprint density at radius 3 is 1.94 bits per heavy atom. The number of alkyl halides is 3. The minimum Gasteiger partial charge on any atom is -0.270 e. The van der Waals surface area contributed by atoms with Crippen LogP contribution in [-0.4, -0.2) is 32.5 Å². The zero-order valence-corrected chi connectivity index (χ0v) is 19.9. The molecule has 6 nitrogen and oxygen atoms in total. The van der Waals surface area contributed by atoms with Crippen molar-refractivity contribution in [2.45, 2.75) is 18.0 Å². The third kappa shape index (κ3) is 4.67. The summed E-state index contributed by atoms with van der Waals surface area (Å²) in [7, 11) is -3.56. The van der Waals surface area contributed by atoms with Crippen molar-refractivity contribution in [2.24, 2.45) is 5.10 Å². The highest BCUT2D eigenvalue weighted by Crippen LogP contribution is 2.47. The molecule has 1 amide bonds. The fourth-order valence-electron chi connectivity index (χ4n) is 4.01. The topological polar surface area (TPSA) is 75.6 Å². The molecule has 36 heavy (non-hydrogen) atoms. The summed E-state index contributed by atoms with van der Waals surface area (Å²) in [6.07, 6.45) is -3.99. The van der Waals surface area contributed by atoms with Crippen LogP contribution in [0.25, 0.3) is 5.57 Å². The van der Waals surface area contributed by atoms with E-state index in [1.54, 1.807) is 6.07 Å². The molecule has 3 aromatic carbocycles. The fraction of sp³-hybridized carbons (Fsp3) is 0.120. The van der Waals surface area contributed by atoms with Crippen molar-refractivity contribution >= 4 is 32.7 Å². The number of halogens is 4. The van der Waals surface area contributed by atoms with Crippen LogP contribution in [0.2, 0.25) is 0 Å². The predicted molar refractivity (Wildman–Crippen MR) is 128 cm³/mol. The number of nitrogens with zero attached hydrogens (tertiary/aromatic N) is 2. The lowest BCUT2D eigenvalue weighted by atomic mass is 9.94. The number of hydrogen-bond acceptors (Lipinski definition) is 4. The van der Waals surface area contributed by atoms with E-state index in [2.05, 4.69) is 10.5 Å². The Hall–Kier alpha value is -3.83. The molecule has 1 atom stereocenters. The number of para-hydroxylation sites is 1. The van der Waals surface area contributed by atoms with E-state index in [-0.39, 0.29) is 33.0 Å². The predicted octanol–water partition coefficient (Wildman–Crippen LogP) is 4.98. The van der Waals surface area contributed by atoms with E-state index < -0.39 is 38.1 Å². The maximum atomic E-state index is 14.9. The zero-order chi connectivity index (χ0) is 26.3. The molecule has 0 aromatic heterocycles. The lowest BCUT2D eigenvalue weighted by molar-refractivity contribution is -0.129. The Labute approximate surface area is 204 Å². The van der Waals surface area contributed by atoms with Crippen molar-refractivity contribution in [3.63, 3.8) is 0 Å². The summed E-state index contributed by atoms with van der Waals surface area (Å²) in [6.45, 7) is 1.07. The van der Waals surface area contributed by atoms with Crippen LogP contribution < -0.4 is 10.1 Å². The van der Waals surface area contributed by atoms with Gasteiger partial charge < -0.3 is 0 Å². The van der Waals surface area contributed by atoms with E-state index in [4.69, 9.17) is 0 Å². The van der Waals surface area contributed by atoms with Gasteiger partial charge >= 0.3 is 6.18 Å². The summed E-state index contributed by atoms with van der Waals surface area (Å²) in [5.41, 5.74) is 0.768. The number of rotatable bonds is 5. The van der Waals surface area contributed by atoms with Gasteiger partial charge in [-0.2, -0.15) is 18.6 Å². The van der Waals surface area contributed by atoms with E-state index in [9.17, 15) is 30.8 Å². The van der Waals surface area contributed by atoms with E-state index >= 15 is 0 Å². The number of amides is 1. The lowest BCUT2D eigenvalue weighted by Gasteiger charge is -2.30. The second-order valence-electron chi connectivity index (χ2n) is 8.11. The molecule has 186 valence electrons. The van der Waals surface area contributed by atoms with Gasteiger partial charge in [0.05, 0.1) is 10.5 Å². The second-order valence-corrected chi connectivity index (χ2v) is 10.1.